The van der Waals surface area contributed by atoms with Gasteiger partial charge in [0.2, 0.25) is 0 Å². The largest absolute Gasteiger partial charge is 0.492 e. The van der Waals surface area contributed by atoms with Crippen LogP contribution in [-0.2, 0) is 19.6 Å². The number of ether oxygens (including phenoxy) is 1. The number of nitrogens with zero attached hydrogens (tertiary/aromatic N) is 4. The van der Waals surface area contributed by atoms with E-state index in [0.717, 1.165) is 15.6 Å². The van der Waals surface area contributed by atoms with Crippen molar-refractivity contribution in [2.24, 2.45) is 0 Å². The normalized spacial score (nSPS) is 11.1. The second-order valence-corrected chi connectivity index (χ2v) is 9.06. The highest BCUT2D eigenvalue weighted by atomic mass is 79.9. The molecule has 0 radical (unpaired) electrons. The maximum Gasteiger partial charge on any atom is 0.333 e. The number of benzene rings is 3. The average Bonchev–Trinajstić information content (AvgIpc) is 3.29. The van der Waals surface area contributed by atoms with E-state index in [4.69, 9.17) is 4.74 Å². The summed E-state index contributed by atoms with van der Waals surface area (Å²) in [6, 6.07) is 27.0. The van der Waals surface area contributed by atoms with Crippen LogP contribution in [-0.4, -0.2) is 25.3 Å². The molecule has 0 saturated heterocycles. The standard InChI is InChI=1S/C27H23BrN4O3/c28-22-12-7-13-23(16-22)35-15-14-31-26(33)24-25(29-19-30(24)17-20-8-3-1-4-9-20)32(27(31)34)18-21-10-5-2-6-11-21/h1-13,16,19H,14-15,17-18H2. The number of imidazole rings is 1. The van der Waals surface area contributed by atoms with Gasteiger partial charge < -0.3 is 9.30 Å². The van der Waals surface area contributed by atoms with Gasteiger partial charge in [-0.25, -0.2) is 9.78 Å². The Morgan fingerprint density at radius 2 is 1.49 bits per heavy atom. The average molecular weight is 531 g/mol. The molecule has 0 unspecified atom stereocenters. The molecule has 5 aromatic rings. The Bertz CT molecular complexity index is 1570. The third kappa shape index (κ3) is 4.97. The van der Waals surface area contributed by atoms with Crippen molar-refractivity contribution in [2.45, 2.75) is 19.6 Å². The van der Waals surface area contributed by atoms with Crippen LogP contribution in [0.5, 0.6) is 5.75 Å². The Morgan fingerprint density at radius 1 is 0.800 bits per heavy atom. The molecule has 0 saturated carbocycles. The first-order valence-electron chi connectivity index (χ1n) is 11.2. The van der Waals surface area contributed by atoms with Crippen molar-refractivity contribution in [1.82, 2.24) is 18.7 Å². The fourth-order valence-electron chi connectivity index (χ4n) is 4.06. The third-order valence-electron chi connectivity index (χ3n) is 5.74. The van der Waals surface area contributed by atoms with Crippen molar-refractivity contribution in [3.63, 3.8) is 0 Å². The molecule has 0 amide bonds. The molecule has 0 spiro atoms. The summed E-state index contributed by atoms with van der Waals surface area (Å²) >= 11 is 3.42. The Kier molecular flexibility index (Phi) is 6.63. The summed E-state index contributed by atoms with van der Waals surface area (Å²) < 4.78 is 11.3. The fraction of sp³-hybridized carbons (Fsp3) is 0.148. The van der Waals surface area contributed by atoms with Crippen LogP contribution in [0, 0.1) is 0 Å². The van der Waals surface area contributed by atoms with Crippen LogP contribution < -0.4 is 16.0 Å². The van der Waals surface area contributed by atoms with E-state index < -0.39 is 5.69 Å². The van der Waals surface area contributed by atoms with E-state index in [2.05, 4.69) is 20.9 Å². The number of halogens is 1. The van der Waals surface area contributed by atoms with Crippen LogP contribution in [0.3, 0.4) is 0 Å². The van der Waals surface area contributed by atoms with Crippen LogP contribution >= 0.6 is 15.9 Å². The van der Waals surface area contributed by atoms with Crippen molar-refractivity contribution in [3.05, 3.63) is 128 Å². The van der Waals surface area contributed by atoms with E-state index in [0.29, 0.717) is 30.0 Å². The maximum absolute atomic E-state index is 13.5. The second kappa shape index (κ2) is 10.1. The monoisotopic (exact) mass is 530 g/mol. The molecule has 3 aromatic carbocycles. The van der Waals surface area contributed by atoms with Gasteiger partial charge in [-0.1, -0.05) is 82.7 Å². The van der Waals surface area contributed by atoms with Crippen molar-refractivity contribution in [1.29, 1.82) is 0 Å². The molecule has 5 rings (SSSR count). The van der Waals surface area contributed by atoms with Gasteiger partial charge in [-0.2, -0.15) is 0 Å². The zero-order valence-electron chi connectivity index (χ0n) is 18.9. The quantitative estimate of drug-likeness (QED) is 0.300. The Hall–Kier alpha value is -3.91. The minimum Gasteiger partial charge on any atom is -0.492 e. The number of rotatable bonds is 8. The first kappa shape index (κ1) is 22.9. The third-order valence-corrected chi connectivity index (χ3v) is 6.24. The number of hydrogen-bond donors (Lipinski definition) is 0. The van der Waals surface area contributed by atoms with Gasteiger partial charge in [0.05, 0.1) is 19.4 Å². The predicted octanol–water partition coefficient (Wildman–Crippen LogP) is 4.30. The van der Waals surface area contributed by atoms with Gasteiger partial charge >= 0.3 is 5.69 Å². The number of fused-ring (bicyclic) bond motifs is 1. The molecule has 0 N–H and O–H groups in total. The Morgan fingerprint density at radius 3 is 2.17 bits per heavy atom. The Labute approximate surface area is 210 Å². The lowest BCUT2D eigenvalue weighted by atomic mass is 10.2. The van der Waals surface area contributed by atoms with Crippen molar-refractivity contribution in [3.8, 4) is 5.75 Å². The first-order valence-corrected chi connectivity index (χ1v) is 12.0. The van der Waals surface area contributed by atoms with E-state index in [-0.39, 0.29) is 18.7 Å². The first-order chi connectivity index (χ1) is 17.1. The summed E-state index contributed by atoms with van der Waals surface area (Å²) in [5.74, 6) is 0.659. The lowest BCUT2D eigenvalue weighted by molar-refractivity contribution is 0.292. The summed E-state index contributed by atoms with van der Waals surface area (Å²) in [4.78, 5) is 31.5. The predicted molar refractivity (Wildman–Crippen MR) is 139 cm³/mol. The zero-order chi connectivity index (χ0) is 24.2. The van der Waals surface area contributed by atoms with Crippen LogP contribution in [0.25, 0.3) is 11.2 Å². The van der Waals surface area contributed by atoms with Gasteiger partial charge in [0.15, 0.2) is 11.2 Å². The molecule has 8 heteroatoms. The molecule has 0 aliphatic heterocycles. The number of hydrogen-bond acceptors (Lipinski definition) is 4. The molecule has 0 aliphatic rings. The van der Waals surface area contributed by atoms with Crippen LogP contribution in [0.1, 0.15) is 11.1 Å². The van der Waals surface area contributed by atoms with Crippen LogP contribution in [0.4, 0.5) is 0 Å². The van der Waals surface area contributed by atoms with E-state index >= 15 is 0 Å². The molecular weight excluding hydrogens is 508 g/mol. The molecule has 2 aromatic heterocycles. The van der Waals surface area contributed by atoms with Gasteiger partial charge in [0, 0.05) is 11.0 Å². The van der Waals surface area contributed by atoms with Crippen molar-refractivity contribution >= 4 is 27.1 Å². The van der Waals surface area contributed by atoms with Gasteiger partial charge in [0.25, 0.3) is 5.56 Å². The van der Waals surface area contributed by atoms with Crippen molar-refractivity contribution < 1.29 is 4.74 Å². The summed E-state index contributed by atoms with van der Waals surface area (Å²) in [6.45, 7) is 1.08. The summed E-state index contributed by atoms with van der Waals surface area (Å²) in [6.07, 6.45) is 1.63. The molecule has 7 nitrogen and oxygen atoms in total. The summed E-state index contributed by atoms with van der Waals surface area (Å²) in [5, 5.41) is 0. The zero-order valence-corrected chi connectivity index (χ0v) is 20.5. The molecule has 0 bridgehead atoms. The highest BCUT2D eigenvalue weighted by molar-refractivity contribution is 9.10. The van der Waals surface area contributed by atoms with Gasteiger partial charge in [-0.05, 0) is 29.3 Å². The lowest BCUT2D eigenvalue weighted by Crippen LogP contribution is -2.42. The minimum atomic E-state index is -0.408. The van der Waals surface area contributed by atoms with Crippen molar-refractivity contribution in [2.75, 3.05) is 6.61 Å². The fourth-order valence-corrected chi connectivity index (χ4v) is 4.43. The topological polar surface area (TPSA) is 71.0 Å². The maximum atomic E-state index is 13.5. The van der Waals surface area contributed by atoms with Gasteiger partial charge in [0.1, 0.15) is 12.4 Å². The molecule has 0 aliphatic carbocycles. The lowest BCUT2D eigenvalue weighted by Gasteiger charge is -2.13. The van der Waals surface area contributed by atoms with Crippen LogP contribution in [0.15, 0.2) is 105 Å². The Balaban J connectivity index is 1.56. The molecule has 2 heterocycles. The second-order valence-electron chi connectivity index (χ2n) is 8.15. The smallest absolute Gasteiger partial charge is 0.333 e. The molecule has 35 heavy (non-hydrogen) atoms. The van der Waals surface area contributed by atoms with Gasteiger partial charge in [-0.15, -0.1) is 0 Å². The van der Waals surface area contributed by atoms with E-state index in [9.17, 15) is 9.59 Å². The van der Waals surface area contributed by atoms with E-state index in [1.54, 1.807) is 15.5 Å². The van der Waals surface area contributed by atoms with E-state index in [1.165, 1.54) is 4.57 Å². The van der Waals surface area contributed by atoms with Crippen LogP contribution in [0.2, 0.25) is 0 Å². The molecule has 0 fully saturated rings. The molecular formula is C27H23BrN4O3. The minimum absolute atomic E-state index is 0.116. The van der Waals surface area contributed by atoms with Gasteiger partial charge in [-0.3, -0.25) is 13.9 Å². The summed E-state index contributed by atoms with van der Waals surface area (Å²) in [7, 11) is 0. The number of aromatic nitrogens is 4. The highest BCUT2D eigenvalue weighted by Crippen LogP contribution is 2.18. The van der Waals surface area contributed by atoms with E-state index in [1.807, 2.05) is 84.9 Å². The molecule has 0 atom stereocenters. The summed E-state index contributed by atoms with van der Waals surface area (Å²) in [5.41, 5.74) is 1.98. The molecule has 176 valence electrons. The highest BCUT2D eigenvalue weighted by Gasteiger charge is 2.18. The SMILES string of the molecule is O=c1c2c(ncn2Cc2ccccc2)n(Cc2ccccc2)c(=O)n1CCOc1cccc(Br)c1.